The normalized spacial score (nSPS) is 29.1. The molecule has 0 aliphatic heterocycles. The van der Waals surface area contributed by atoms with Gasteiger partial charge in [-0.15, -0.1) is 0 Å². The van der Waals surface area contributed by atoms with Crippen molar-refractivity contribution in [2.45, 2.75) is 45.7 Å². The van der Waals surface area contributed by atoms with E-state index in [9.17, 15) is 4.39 Å². The van der Waals surface area contributed by atoms with E-state index in [-0.39, 0.29) is 11.4 Å². The Balaban J connectivity index is 2.17. The molecule has 0 heterocycles. The number of halogens is 1. The highest BCUT2D eigenvalue weighted by Crippen LogP contribution is 2.49. The average Bonchev–Trinajstić information content (AvgIpc) is 2.62. The first kappa shape index (κ1) is 15.5. The van der Waals surface area contributed by atoms with Crippen LogP contribution in [-0.4, -0.2) is 24.0 Å². The van der Waals surface area contributed by atoms with E-state index in [0.29, 0.717) is 17.9 Å². The molecule has 0 bridgehead atoms. The summed E-state index contributed by atoms with van der Waals surface area (Å²) < 4.78 is 13.0. The van der Waals surface area contributed by atoms with Crippen molar-refractivity contribution < 1.29 is 4.39 Å². The Bertz CT molecular complexity index is 455. The third-order valence-corrected chi connectivity index (χ3v) is 5.01. The maximum absolute atomic E-state index is 13.0. The van der Waals surface area contributed by atoms with Crippen LogP contribution in [0.4, 0.5) is 4.39 Å². The molecule has 0 amide bonds. The van der Waals surface area contributed by atoms with Gasteiger partial charge in [-0.3, -0.25) is 4.90 Å². The molecule has 2 unspecified atom stereocenters. The smallest absolute Gasteiger partial charge is 0.123 e. The van der Waals surface area contributed by atoms with Crippen LogP contribution in [-0.2, 0) is 6.54 Å². The first-order valence-electron chi connectivity index (χ1n) is 7.45. The summed E-state index contributed by atoms with van der Waals surface area (Å²) in [7, 11) is 2.15. The predicted molar refractivity (Wildman–Crippen MR) is 81.8 cm³/mol. The molecular weight excluding hydrogens is 251 g/mol. The average molecular weight is 278 g/mol. The molecule has 0 saturated heterocycles. The van der Waals surface area contributed by atoms with Gasteiger partial charge in [0.05, 0.1) is 0 Å². The summed E-state index contributed by atoms with van der Waals surface area (Å²) in [4.78, 5) is 2.37. The molecule has 1 fully saturated rings. The minimum absolute atomic E-state index is 0.0535. The monoisotopic (exact) mass is 278 g/mol. The van der Waals surface area contributed by atoms with Gasteiger partial charge in [-0.25, -0.2) is 4.39 Å². The molecule has 0 aromatic heterocycles. The van der Waals surface area contributed by atoms with Gasteiger partial charge in [-0.05, 0) is 48.9 Å². The second-order valence-corrected chi connectivity index (χ2v) is 7.24. The Labute approximate surface area is 122 Å². The minimum atomic E-state index is -0.180. The third kappa shape index (κ3) is 2.89. The summed E-state index contributed by atoms with van der Waals surface area (Å²) in [5.74, 6) is 0.397. The maximum atomic E-state index is 13.0. The first-order valence-corrected chi connectivity index (χ1v) is 7.45. The molecule has 1 saturated carbocycles. The van der Waals surface area contributed by atoms with E-state index in [1.165, 1.54) is 18.6 Å². The largest absolute Gasteiger partial charge is 0.329 e. The lowest BCUT2D eigenvalue weighted by Crippen LogP contribution is -2.54. The van der Waals surface area contributed by atoms with Gasteiger partial charge < -0.3 is 5.73 Å². The van der Waals surface area contributed by atoms with Gasteiger partial charge in [0.2, 0.25) is 0 Å². The number of nitrogens with two attached hydrogens (primary N) is 1. The molecule has 20 heavy (non-hydrogen) atoms. The Morgan fingerprint density at radius 1 is 1.30 bits per heavy atom. The fourth-order valence-electron chi connectivity index (χ4n) is 4.06. The van der Waals surface area contributed by atoms with E-state index < -0.39 is 0 Å². The van der Waals surface area contributed by atoms with Crippen molar-refractivity contribution in [1.29, 1.82) is 0 Å². The Morgan fingerprint density at radius 2 is 1.90 bits per heavy atom. The molecule has 1 aliphatic carbocycles. The molecule has 3 heteroatoms. The van der Waals surface area contributed by atoms with Gasteiger partial charge in [0, 0.05) is 18.6 Å². The number of rotatable bonds is 4. The number of hydrogen-bond acceptors (Lipinski definition) is 2. The van der Waals surface area contributed by atoms with E-state index in [1.807, 2.05) is 12.1 Å². The van der Waals surface area contributed by atoms with Crippen LogP contribution in [0.2, 0.25) is 0 Å². The van der Waals surface area contributed by atoms with E-state index in [2.05, 4.69) is 32.7 Å². The van der Waals surface area contributed by atoms with Crippen molar-refractivity contribution in [1.82, 2.24) is 4.90 Å². The van der Waals surface area contributed by atoms with Crippen molar-refractivity contribution >= 4 is 0 Å². The molecule has 1 aromatic carbocycles. The SMILES string of the molecule is CC1CC(C)(C)CC1(CN)N(C)Cc1ccc(F)cc1. The molecule has 2 atom stereocenters. The number of nitrogens with zero attached hydrogens (tertiary/aromatic N) is 1. The predicted octanol–water partition coefficient (Wildman–Crippen LogP) is 3.41. The van der Waals surface area contributed by atoms with Crippen LogP contribution in [0.5, 0.6) is 0 Å². The molecule has 2 nitrogen and oxygen atoms in total. The molecule has 0 radical (unpaired) electrons. The lowest BCUT2D eigenvalue weighted by molar-refractivity contribution is 0.0786. The lowest BCUT2D eigenvalue weighted by atomic mass is 9.84. The Hall–Kier alpha value is -0.930. The zero-order valence-electron chi connectivity index (χ0n) is 13.1. The molecular formula is C17H27FN2. The molecule has 2 N–H and O–H groups in total. The van der Waals surface area contributed by atoms with Crippen LogP contribution in [0.15, 0.2) is 24.3 Å². The Morgan fingerprint density at radius 3 is 2.35 bits per heavy atom. The molecule has 2 rings (SSSR count). The van der Waals surface area contributed by atoms with Crippen LogP contribution >= 0.6 is 0 Å². The summed E-state index contributed by atoms with van der Waals surface area (Å²) in [5, 5.41) is 0. The third-order valence-electron chi connectivity index (χ3n) is 5.01. The highest BCUT2D eigenvalue weighted by Gasteiger charge is 2.49. The fraction of sp³-hybridized carbons (Fsp3) is 0.647. The van der Waals surface area contributed by atoms with Crippen LogP contribution in [0.1, 0.15) is 39.2 Å². The van der Waals surface area contributed by atoms with Crippen molar-refractivity contribution in [2.75, 3.05) is 13.6 Å². The van der Waals surface area contributed by atoms with Crippen LogP contribution in [0, 0.1) is 17.2 Å². The van der Waals surface area contributed by atoms with Crippen LogP contribution in [0.3, 0.4) is 0 Å². The number of hydrogen-bond donors (Lipinski definition) is 1. The van der Waals surface area contributed by atoms with E-state index >= 15 is 0 Å². The summed E-state index contributed by atoms with van der Waals surface area (Å²) >= 11 is 0. The highest BCUT2D eigenvalue weighted by atomic mass is 19.1. The quantitative estimate of drug-likeness (QED) is 0.914. The summed E-state index contributed by atoms with van der Waals surface area (Å²) in [6.45, 7) is 8.45. The molecule has 1 aromatic rings. The topological polar surface area (TPSA) is 29.3 Å². The van der Waals surface area contributed by atoms with E-state index in [4.69, 9.17) is 5.73 Å². The standard InChI is InChI=1S/C17H27FN2/c1-13-9-16(2,3)11-17(13,12-19)20(4)10-14-5-7-15(18)8-6-14/h5-8,13H,9-12,19H2,1-4H3. The zero-order valence-corrected chi connectivity index (χ0v) is 13.1. The second kappa shape index (κ2) is 5.45. The second-order valence-electron chi connectivity index (χ2n) is 7.24. The van der Waals surface area contributed by atoms with Gasteiger partial charge >= 0.3 is 0 Å². The van der Waals surface area contributed by atoms with E-state index in [1.54, 1.807) is 0 Å². The maximum Gasteiger partial charge on any atom is 0.123 e. The summed E-state index contributed by atoms with van der Waals surface area (Å²) in [5.41, 5.74) is 7.69. The molecule has 0 spiro atoms. The fourth-order valence-corrected chi connectivity index (χ4v) is 4.06. The zero-order chi connectivity index (χ0) is 15.0. The lowest BCUT2D eigenvalue weighted by Gasteiger charge is -2.42. The summed E-state index contributed by atoms with van der Waals surface area (Å²) in [6.07, 6.45) is 2.33. The molecule has 112 valence electrons. The van der Waals surface area contributed by atoms with E-state index in [0.717, 1.165) is 18.5 Å². The van der Waals surface area contributed by atoms with Gasteiger partial charge in [0.1, 0.15) is 5.82 Å². The van der Waals surface area contributed by atoms with Crippen molar-refractivity contribution in [3.63, 3.8) is 0 Å². The van der Waals surface area contributed by atoms with Gasteiger partial charge in [-0.1, -0.05) is 32.9 Å². The van der Waals surface area contributed by atoms with Crippen LogP contribution < -0.4 is 5.73 Å². The molecule has 1 aliphatic rings. The number of benzene rings is 1. The Kier molecular flexibility index (Phi) is 4.22. The number of likely N-dealkylation sites (N-methyl/N-ethyl adjacent to an activating group) is 1. The highest BCUT2D eigenvalue weighted by molar-refractivity contribution is 5.17. The minimum Gasteiger partial charge on any atom is -0.329 e. The van der Waals surface area contributed by atoms with Crippen molar-refractivity contribution in [3.8, 4) is 0 Å². The van der Waals surface area contributed by atoms with Gasteiger partial charge in [0.15, 0.2) is 0 Å². The van der Waals surface area contributed by atoms with Crippen LogP contribution in [0.25, 0.3) is 0 Å². The van der Waals surface area contributed by atoms with Gasteiger partial charge in [0.25, 0.3) is 0 Å². The van der Waals surface area contributed by atoms with Gasteiger partial charge in [-0.2, -0.15) is 0 Å². The summed E-state index contributed by atoms with van der Waals surface area (Å²) in [6, 6.07) is 6.78. The van der Waals surface area contributed by atoms with Crippen molar-refractivity contribution in [3.05, 3.63) is 35.6 Å². The van der Waals surface area contributed by atoms with Crippen molar-refractivity contribution in [2.24, 2.45) is 17.1 Å². The first-order chi connectivity index (χ1) is 9.29.